The molecule has 0 atom stereocenters. The van der Waals surface area contributed by atoms with Gasteiger partial charge in [-0.1, -0.05) is 17.7 Å². The standard InChI is InChI=1S/C10H16O/c1-9(8-11)7-10-5-3-2-4-6-10/h5,7,11H,2-4,6,8H2,1H3/b9-7+. The SMILES string of the molecule is C/C(=C\C1=CCCCC1)CO. The number of rotatable bonds is 2. The number of hydrogen-bond acceptors (Lipinski definition) is 1. The van der Waals surface area contributed by atoms with E-state index in [1.807, 2.05) is 6.92 Å². The van der Waals surface area contributed by atoms with Crippen LogP contribution in [0.15, 0.2) is 23.3 Å². The van der Waals surface area contributed by atoms with E-state index in [9.17, 15) is 0 Å². The quantitative estimate of drug-likeness (QED) is 0.644. The van der Waals surface area contributed by atoms with Crippen molar-refractivity contribution in [2.75, 3.05) is 6.61 Å². The van der Waals surface area contributed by atoms with Crippen molar-refractivity contribution >= 4 is 0 Å². The summed E-state index contributed by atoms with van der Waals surface area (Å²) in [5, 5.41) is 8.77. The lowest BCUT2D eigenvalue weighted by atomic mass is 9.98. The Bertz CT molecular complexity index is 177. The largest absolute Gasteiger partial charge is 0.392 e. The average Bonchev–Trinajstić information content (AvgIpc) is 2.06. The fourth-order valence-electron chi connectivity index (χ4n) is 1.36. The van der Waals surface area contributed by atoms with Crippen LogP contribution in [0.2, 0.25) is 0 Å². The van der Waals surface area contributed by atoms with Crippen LogP contribution in [0.1, 0.15) is 32.6 Å². The fourth-order valence-corrected chi connectivity index (χ4v) is 1.36. The van der Waals surface area contributed by atoms with Crippen molar-refractivity contribution in [3.8, 4) is 0 Å². The summed E-state index contributed by atoms with van der Waals surface area (Å²) in [6.07, 6.45) is 9.43. The van der Waals surface area contributed by atoms with Gasteiger partial charge in [0, 0.05) is 0 Å². The van der Waals surface area contributed by atoms with Gasteiger partial charge in [-0.3, -0.25) is 0 Å². The zero-order valence-electron chi connectivity index (χ0n) is 7.14. The molecule has 1 aliphatic rings. The van der Waals surface area contributed by atoms with Gasteiger partial charge in [0.25, 0.3) is 0 Å². The number of allylic oxidation sites excluding steroid dienone is 3. The molecule has 0 saturated carbocycles. The monoisotopic (exact) mass is 152 g/mol. The highest BCUT2D eigenvalue weighted by molar-refractivity contribution is 5.24. The Labute approximate surface area is 68.4 Å². The molecule has 0 unspecified atom stereocenters. The maximum absolute atomic E-state index is 8.77. The van der Waals surface area contributed by atoms with E-state index in [1.54, 1.807) is 0 Å². The number of aliphatic hydroxyl groups excluding tert-OH is 1. The molecule has 0 aromatic rings. The topological polar surface area (TPSA) is 20.2 Å². The zero-order valence-corrected chi connectivity index (χ0v) is 7.14. The van der Waals surface area contributed by atoms with Gasteiger partial charge in [0.05, 0.1) is 6.61 Å². The summed E-state index contributed by atoms with van der Waals surface area (Å²) >= 11 is 0. The molecule has 0 bridgehead atoms. The van der Waals surface area contributed by atoms with E-state index >= 15 is 0 Å². The highest BCUT2D eigenvalue weighted by atomic mass is 16.3. The smallest absolute Gasteiger partial charge is 0.0642 e. The van der Waals surface area contributed by atoms with Gasteiger partial charge in [0.1, 0.15) is 0 Å². The molecule has 0 aliphatic heterocycles. The summed E-state index contributed by atoms with van der Waals surface area (Å²) in [5.41, 5.74) is 2.47. The van der Waals surface area contributed by atoms with Crippen LogP contribution in [0.5, 0.6) is 0 Å². The Morgan fingerprint density at radius 2 is 2.45 bits per heavy atom. The molecule has 0 aromatic heterocycles. The molecule has 1 nitrogen and oxygen atoms in total. The van der Waals surface area contributed by atoms with Crippen LogP contribution in [0.3, 0.4) is 0 Å². The van der Waals surface area contributed by atoms with Gasteiger partial charge in [-0.2, -0.15) is 0 Å². The number of aliphatic hydroxyl groups is 1. The Hall–Kier alpha value is -0.560. The van der Waals surface area contributed by atoms with E-state index in [0.29, 0.717) is 0 Å². The third kappa shape index (κ3) is 2.89. The molecule has 0 heterocycles. The van der Waals surface area contributed by atoms with Crippen molar-refractivity contribution in [3.05, 3.63) is 23.3 Å². The Balaban J connectivity index is 2.53. The average molecular weight is 152 g/mol. The van der Waals surface area contributed by atoms with Crippen molar-refractivity contribution in [1.29, 1.82) is 0 Å². The van der Waals surface area contributed by atoms with Gasteiger partial charge in [-0.15, -0.1) is 0 Å². The van der Waals surface area contributed by atoms with E-state index in [4.69, 9.17) is 5.11 Å². The molecule has 1 N–H and O–H groups in total. The predicted molar refractivity (Wildman–Crippen MR) is 47.4 cm³/mol. The molecule has 0 spiro atoms. The van der Waals surface area contributed by atoms with Crippen LogP contribution in [0, 0.1) is 0 Å². The minimum absolute atomic E-state index is 0.192. The molecular weight excluding hydrogens is 136 g/mol. The lowest BCUT2D eigenvalue weighted by Crippen LogP contribution is -1.91. The van der Waals surface area contributed by atoms with Crippen LogP contribution in [-0.2, 0) is 0 Å². The summed E-state index contributed by atoms with van der Waals surface area (Å²) in [4.78, 5) is 0. The minimum Gasteiger partial charge on any atom is -0.392 e. The second kappa shape index (κ2) is 4.35. The summed E-state index contributed by atoms with van der Waals surface area (Å²) in [5.74, 6) is 0. The van der Waals surface area contributed by atoms with Gasteiger partial charge < -0.3 is 5.11 Å². The lowest BCUT2D eigenvalue weighted by molar-refractivity contribution is 0.331. The van der Waals surface area contributed by atoms with Crippen molar-refractivity contribution < 1.29 is 5.11 Å². The first-order valence-corrected chi connectivity index (χ1v) is 4.30. The lowest BCUT2D eigenvalue weighted by Gasteiger charge is -2.09. The maximum atomic E-state index is 8.77. The van der Waals surface area contributed by atoms with Crippen molar-refractivity contribution in [1.82, 2.24) is 0 Å². The first kappa shape index (κ1) is 8.54. The summed E-state index contributed by atoms with van der Waals surface area (Å²) in [6, 6.07) is 0. The molecule has 0 radical (unpaired) electrons. The van der Waals surface area contributed by atoms with Crippen LogP contribution in [0.25, 0.3) is 0 Å². The molecule has 1 rings (SSSR count). The molecule has 1 aliphatic carbocycles. The molecule has 0 fully saturated rings. The summed E-state index contributed by atoms with van der Waals surface area (Å²) in [6.45, 7) is 2.16. The molecule has 1 heteroatoms. The fraction of sp³-hybridized carbons (Fsp3) is 0.600. The van der Waals surface area contributed by atoms with Crippen LogP contribution in [-0.4, -0.2) is 11.7 Å². The van der Waals surface area contributed by atoms with E-state index in [0.717, 1.165) is 5.57 Å². The van der Waals surface area contributed by atoms with Crippen molar-refractivity contribution in [3.63, 3.8) is 0 Å². The Morgan fingerprint density at radius 1 is 1.64 bits per heavy atom. The second-order valence-electron chi connectivity index (χ2n) is 3.17. The van der Waals surface area contributed by atoms with Crippen LogP contribution >= 0.6 is 0 Å². The molecule has 0 amide bonds. The minimum atomic E-state index is 0.192. The van der Waals surface area contributed by atoms with Gasteiger partial charge in [-0.05, 0) is 38.2 Å². The summed E-state index contributed by atoms with van der Waals surface area (Å²) < 4.78 is 0. The van der Waals surface area contributed by atoms with Gasteiger partial charge >= 0.3 is 0 Å². The number of hydrogen-bond donors (Lipinski definition) is 1. The molecule has 62 valence electrons. The third-order valence-electron chi connectivity index (χ3n) is 2.01. The molecule has 11 heavy (non-hydrogen) atoms. The second-order valence-corrected chi connectivity index (χ2v) is 3.17. The van der Waals surface area contributed by atoms with E-state index in [-0.39, 0.29) is 6.61 Å². The Morgan fingerprint density at radius 3 is 3.00 bits per heavy atom. The van der Waals surface area contributed by atoms with E-state index in [2.05, 4.69) is 12.2 Å². The Kier molecular flexibility index (Phi) is 3.37. The summed E-state index contributed by atoms with van der Waals surface area (Å²) in [7, 11) is 0. The predicted octanol–water partition coefficient (Wildman–Crippen LogP) is 2.43. The zero-order chi connectivity index (χ0) is 8.10. The van der Waals surface area contributed by atoms with Gasteiger partial charge in [0.15, 0.2) is 0 Å². The van der Waals surface area contributed by atoms with Crippen LogP contribution < -0.4 is 0 Å². The van der Waals surface area contributed by atoms with Crippen molar-refractivity contribution in [2.24, 2.45) is 0 Å². The first-order valence-electron chi connectivity index (χ1n) is 4.30. The normalized spacial score (nSPS) is 19.8. The molecular formula is C10H16O. The van der Waals surface area contributed by atoms with E-state index in [1.165, 1.54) is 31.3 Å². The molecule has 0 saturated heterocycles. The highest BCUT2D eigenvalue weighted by Gasteiger charge is 2.00. The van der Waals surface area contributed by atoms with Gasteiger partial charge in [0.2, 0.25) is 0 Å². The van der Waals surface area contributed by atoms with Crippen LogP contribution in [0.4, 0.5) is 0 Å². The maximum Gasteiger partial charge on any atom is 0.0642 e. The van der Waals surface area contributed by atoms with Crippen molar-refractivity contribution in [2.45, 2.75) is 32.6 Å². The van der Waals surface area contributed by atoms with Gasteiger partial charge in [-0.25, -0.2) is 0 Å². The molecule has 0 aromatic carbocycles. The van der Waals surface area contributed by atoms with E-state index < -0.39 is 0 Å². The third-order valence-corrected chi connectivity index (χ3v) is 2.01. The highest BCUT2D eigenvalue weighted by Crippen LogP contribution is 2.19. The first-order chi connectivity index (χ1) is 5.33.